The molecule has 6 heteroatoms. The summed E-state index contributed by atoms with van der Waals surface area (Å²) in [7, 11) is 1.58. The molecule has 0 bridgehead atoms. The molecule has 0 radical (unpaired) electrons. The quantitative estimate of drug-likeness (QED) is 0.916. The lowest BCUT2D eigenvalue weighted by atomic mass is 9.98. The monoisotopic (exact) mass is 334 g/mol. The lowest BCUT2D eigenvalue weighted by Crippen LogP contribution is -2.46. The third-order valence-electron chi connectivity index (χ3n) is 3.95. The van der Waals surface area contributed by atoms with E-state index in [0.29, 0.717) is 24.4 Å². The molecular weight excluding hydrogens is 308 g/mol. The third-order valence-corrected chi connectivity index (χ3v) is 3.95. The number of hydrogen-bond acceptors (Lipinski definition) is 5. The summed E-state index contributed by atoms with van der Waals surface area (Å²) in [6.07, 6.45) is 1.49. The minimum Gasteiger partial charge on any atom is -0.497 e. The maximum Gasteiger partial charge on any atom is 0.330 e. The molecule has 1 heterocycles. The fourth-order valence-corrected chi connectivity index (χ4v) is 2.38. The van der Waals surface area contributed by atoms with Crippen molar-refractivity contribution >= 4 is 11.9 Å². The van der Waals surface area contributed by atoms with E-state index in [0.717, 1.165) is 12.8 Å². The molecule has 1 aliphatic heterocycles. The van der Waals surface area contributed by atoms with E-state index in [2.05, 4.69) is 5.32 Å². The van der Waals surface area contributed by atoms with Crippen LogP contribution in [0.15, 0.2) is 24.3 Å². The number of rotatable bonds is 4. The van der Waals surface area contributed by atoms with Gasteiger partial charge in [0.05, 0.1) is 12.5 Å². The van der Waals surface area contributed by atoms with Gasteiger partial charge >= 0.3 is 5.97 Å². The van der Waals surface area contributed by atoms with Gasteiger partial charge in [-0.15, -0.1) is 5.06 Å². The summed E-state index contributed by atoms with van der Waals surface area (Å²) < 4.78 is 5.14. The molecule has 0 aliphatic carbocycles. The molecule has 6 nitrogen and oxygen atoms in total. The molecular formula is C18H26N2O4. The molecule has 0 unspecified atom stereocenters. The smallest absolute Gasteiger partial charge is 0.330 e. The Hall–Kier alpha value is -2.08. The first-order chi connectivity index (χ1) is 11.3. The molecule has 132 valence electrons. The van der Waals surface area contributed by atoms with Gasteiger partial charge in [0.25, 0.3) is 5.91 Å². The van der Waals surface area contributed by atoms with Gasteiger partial charge < -0.3 is 14.9 Å². The van der Waals surface area contributed by atoms with Crippen LogP contribution >= 0.6 is 0 Å². The standard InChI is InChI=1S/C18H26N2O4/c1-18(2,3)17(22)24-20-10-8-14(9-11-20)19-16(21)13-6-5-7-15(12-13)23-4/h5-7,12,14H,8-11H2,1-4H3,(H,19,21). The lowest BCUT2D eigenvalue weighted by Gasteiger charge is -2.32. The Kier molecular flexibility index (Phi) is 5.83. The van der Waals surface area contributed by atoms with Gasteiger partial charge in [0.15, 0.2) is 0 Å². The number of benzene rings is 1. The summed E-state index contributed by atoms with van der Waals surface area (Å²) in [5.74, 6) is 0.312. The Bertz CT molecular complexity index is 587. The second-order valence-corrected chi connectivity index (χ2v) is 7.04. The Morgan fingerprint density at radius 1 is 1.21 bits per heavy atom. The van der Waals surface area contributed by atoms with Crippen LogP contribution in [-0.2, 0) is 9.63 Å². The van der Waals surface area contributed by atoms with Gasteiger partial charge in [-0.2, -0.15) is 0 Å². The largest absolute Gasteiger partial charge is 0.497 e. The number of hydroxylamine groups is 2. The predicted molar refractivity (Wildman–Crippen MR) is 90.6 cm³/mol. The Balaban J connectivity index is 1.82. The maximum absolute atomic E-state index is 12.3. The summed E-state index contributed by atoms with van der Waals surface area (Å²) in [4.78, 5) is 29.6. The Morgan fingerprint density at radius 2 is 1.88 bits per heavy atom. The van der Waals surface area contributed by atoms with E-state index in [1.807, 2.05) is 20.8 Å². The third kappa shape index (κ3) is 4.96. The van der Waals surface area contributed by atoms with Crippen molar-refractivity contribution in [2.45, 2.75) is 39.7 Å². The number of nitrogens with one attached hydrogen (secondary N) is 1. The van der Waals surface area contributed by atoms with Crippen molar-refractivity contribution in [3.05, 3.63) is 29.8 Å². The van der Waals surface area contributed by atoms with Crippen molar-refractivity contribution in [3.63, 3.8) is 0 Å². The highest BCUT2D eigenvalue weighted by Crippen LogP contribution is 2.19. The molecule has 1 amide bonds. The van der Waals surface area contributed by atoms with Crippen molar-refractivity contribution < 1.29 is 19.2 Å². The van der Waals surface area contributed by atoms with E-state index >= 15 is 0 Å². The second kappa shape index (κ2) is 7.66. The Labute approximate surface area is 143 Å². The van der Waals surface area contributed by atoms with Crippen LogP contribution in [0.4, 0.5) is 0 Å². The van der Waals surface area contributed by atoms with Gasteiger partial charge in [-0.1, -0.05) is 6.07 Å². The molecule has 1 aromatic rings. The van der Waals surface area contributed by atoms with E-state index in [4.69, 9.17) is 9.57 Å². The molecule has 1 fully saturated rings. The lowest BCUT2D eigenvalue weighted by molar-refractivity contribution is -0.204. The van der Waals surface area contributed by atoms with Crippen LogP contribution in [0.5, 0.6) is 5.75 Å². The fourth-order valence-electron chi connectivity index (χ4n) is 2.38. The van der Waals surface area contributed by atoms with Crippen LogP contribution in [0, 0.1) is 5.41 Å². The van der Waals surface area contributed by atoms with Crippen molar-refractivity contribution in [3.8, 4) is 5.75 Å². The minimum atomic E-state index is -0.516. The zero-order valence-corrected chi connectivity index (χ0v) is 14.8. The molecule has 0 spiro atoms. The van der Waals surface area contributed by atoms with E-state index in [-0.39, 0.29) is 17.9 Å². The number of piperidine rings is 1. The highest BCUT2D eigenvalue weighted by molar-refractivity contribution is 5.94. The summed E-state index contributed by atoms with van der Waals surface area (Å²) in [6.45, 7) is 6.72. The van der Waals surface area contributed by atoms with E-state index in [1.165, 1.54) is 0 Å². The van der Waals surface area contributed by atoms with Gasteiger partial charge in [-0.05, 0) is 51.8 Å². The fraction of sp³-hybridized carbons (Fsp3) is 0.556. The topological polar surface area (TPSA) is 67.9 Å². The molecule has 0 saturated carbocycles. The summed E-state index contributed by atoms with van der Waals surface area (Å²) >= 11 is 0. The number of hydrogen-bond donors (Lipinski definition) is 1. The van der Waals surface area contributed by atoms with Gasteiger partial charge in [-0.25, -0.2) is 4.79 Å². The van der Waals surface area contributed by atoms with Crippen molar-refractivity contribution in [1.29, 1.82) is 0 Å². The zero-order valence-electron chi connectivity index (χ0n) is 14.8. The normalized spacial score (nSPS) is 16.5. The first kappa shape index (κ1) is 18.3. The molecule has 1 aromatic carbocycles. The number of carbonyl (C=O) groups is 2. The van der Waals surface area contributed by atoms with Crippen LogP contribution in [0.1, 0.15) is 44.0 Å². The first-order valence-electron chi connectivity index (χ1n) is 8.22. The van der Waals surface area contributed by atoms with E-state index < -0.39 is 5.41 Å². The molecule has 0 atom stereocenters. The highest BCUT2D eigenvalue weighted by Gasteiger charge is 2.28. The van der Waals surface area contributed by atoms with Gasteiger partial charge in [0.2, 0.25) is 0 Å². The molecule has 0 aromatic heterocycles. The molecule has 1 N–H and O–H groups in total. The predicted octanol–water partition coefficient (Wildman–Crippen LogP) is 2.39. The summed E-state index contributed by atoms with van der Waals surface area (Å²) in [6, 6.07) is 7.16. The van der Waals surface area contributed by atoms with Crippen LogP contribution in [0.2, 0.25) is 0 Å². The minimum absolute atomic E-state index is 0.0771. The number of amides is 1. The van der Waals surface area contributed by atoms with Gasteiger partial charge in [0.1, 0.15) is 5.75 Å². The molecule has 1 saturated heterocycles. The second-order valence-electron chi connectivity index (χ2n) is 7.04. The first-order valence-corrected chi connectivity index (χ1v) is 8.22. The zero-order chi connectivity index (χ0) is 17.7. The number of carbonyl (C=O) groups excluding carboxylic acids is 2. The highest BCUT2D eigenvalue weighted by atomic mass is 16.7. The van der Waals surface area contributed by atoms with Crippen molar-refractivity contribution in [2.24, 2.45) is 5.41 Å². The van der Waals surface area contributed by atoms with Crippen molar-refractivity contribution in [1.82, 2.24) is 10.4 Å². The van der Waals surface area contributed by atoms with E-state index in [1.54, 1.807) is 36.4 Å². The average Bonchev–Trinajstić information content (AvgIpc) is 2.55. The molecule has 2 rings (SSSR count). The van der Waals surface area contributed by atoms with Crippen LogP contribution < -0.4 is 10.1 Å². The van der Waals surface area contributed by atoms with Gasteiger partial charge in [0, 0.05) is 24.7 Å². The maximum atomic E-state index is 12.3. The number of ether oxygens (including phenoxy) is 1. The van der Waals surface area contributed by atoms with Crippen molar-refractivity contribution in [2.75, 3.05) is 20.2 Å². The molecule has 24 heavy (non-hydrogen) atoms. The van der Waals surface area contributed by atoms with Crippen LogP contribution in [0.25, 0.3) is 0 Å². The molecule has 1 aliphatic rings. The SMILES string of the molecule is COc1cccc(C(=O)NC2CCN(OC(=O)C(C)(C)C)CC2)c1. The number of nitrogens with zero attached hydrogens (tertiary/aromatic N) is 1. The number of methoxy groups -OCH3 is 1. The van der Waals surface area contributed by atoms with Gasteiger partial charge in [-0.3, -0.25) is 4.79 Å². The summed E-state index contributed by atoms with van der Waals surface area (Å²) in [5, 5.41) is 4.71. The van der Waals surface area contributed by atoms with Crippen LogP contribution in [0.3, 0.4) is 0 Å². The van der Waals surface area contributed by atoms with E-state index in [9.17, 15) is 9.59 Å². The Morgan fingerprint density at radius 3 is 2.46 bits per heavy atom. The average molecular weight is 334 g/mol. The summed E-state index contributed by atoms with van der Waals surface area (Å²) in [5.41, 5.74) is 0.0631. The van der Waals surface area contributed by atoms with Crippen LogP contribution in [-0.4, -0.2) is 43.2 Å².